The number of aromatic nitrogens is 2. The van der Waals surface area contributed by atoms with Gasteiger partial charge in [0.1, 0.15) is 0 Å². The molecule has 3 rings (SSSR count). The third kappa shape index (κ3) is 4.78. The summed E-state index contributed by atoms with van der Waals surface area (Å²) in [5.74, 6) is 0.218. The average molecular weight is 353 g/mol. The fraction of sp³-hybridized carbons (Fsp3) is 0.105. The molecule has 2 N–H and O–H groups in total. The maximum atomic E-state index is 12.2. The van der Waals surface area contributed by atoms with Gasteiger partial charge in [0.15, 0.2) is 0 Å². The summed E-state index contributed by atoms with van der Waals surface area (Å²) in [5.41, 5.74) is 3.45. The van der Waals surface area contributed by atoms with Crippen LogP contribution in [-0.2, 0) is 6.54 Å². The van der Waals surface area contributed by atoms with Crippen LogP contribution < -0.4 is 10.6 Å². The molecule has 1 amide bonds. The van der Waals surface area contributed by atoms with E-state index < -0.39 is 0 Å². The maximum Gasteiger partial charge on any atom is 0.254 e. The van der Waals surface area contributed by atoms with Gasteiger partial charge in [-0.3, -0.25) is 4.79 Å². The number of amides is 1. The molecule has 0 radical (unpaired) electrons. The van der Waals surface area contributed by atoms with Crippen LogP contribution in [0.4, 0.5) is 11.6 Å². The lowest BCUT2D eigenvalue weighted by atomic mass is 10.2. The van der Waals surface area contributed by atoms with Crippen LogP contribution in [0.2, 0.25) is 5.02 Å². The van der Waals surface area contributed by atoms with Crippen molar-refractivity contribution in [3.8, 4) is 0 Å². The van der Waals surface area contributed by atoms with Gasteiger partial charge in [0.05, 0.1) is 5.56 Å². The zero-order valence-corrected chi connectivity index (χ0v) is 14.4. The standard InChI is InChI=1S/C19H17ClN4O/c1-13-2-8-17(9-3-13)24-19-22-11-15(12-23-19)18(25)21-10-14-4-6-16(20)7-5-14/h2-9,11-12H,10H2,1H3,(H,21,25)(H,22,23,24). The molecule has 3 aromatic rings. The highest BCUT2D eigenvalue weighted by molar-refractivity contribution is 6.30. The van der Waals surface area contributed by atoms with Crippen molar-refractivity contribution in [1.29, 1.82) is 0 Å². The van der Waals surface area contributed by atoms with E-state index in [2.05, 4.69) is 20.6 Å². The van der Waals surface area contributed by atoms with E-state index in [9.17, 15) is 4.79 Å². The van der Waals surface area contributed by atoms with Crippen molar-refractivity contribution in [2.24, 2.45) is 0 Å². The number of halogens is 1. The molecule has 0 fully saturated rings. The molecule has 0 aliphatic rings. The minimum Gasteiger partial charge on any atom is -0.348 e. The number of hydrogen-bond donors (Lipinski definition) is 2. The number of nitrogens with zero attached hydrogens (tertiary/aromatic N) is 2. The summed E-state index contributed by atoms with van der Waals surface area (Å²) in [6.45, 7) is 2.44. The molecule has 25 heavy (non-hydrogen) atoms. The van der Waals surface area contributed by atoms with Crippen LogP contribution in [0, 0.1) is 6.92 Å². The van der Waals surface area contributed by atoms with Crippen molar-refractivity contribution in [3.05, 3.63) is 82.6 Å². The third-order valence-electron chi connectivity index (χ3n) is 3.59. The highest BCUT2D eigenvalue weighted by atomic mass is 35.5. The minimum atomic E-state index is -0.225. The molecule has 6 heteroatoms. The largest absolute Gasteiger partial charge is 0.348 e. The smallest absolute Gasteiger partial charge is 0.254 e. The summed E-state index contributed by atoms with van der Waals surface area (Å²) < 4.78 is 0. The Morgan fingerprint density at radius 3 is 2.28 bits per heavy atom. The van der Waals surface area contributed by atoms with Crippen molar-refractivity contribution in [1.82, 2.24) is 15.3 Å². The van der Waals surface area contributed by atoms with Crippen molar-refractivity contribution >= 4 is 29.1 Å². The first kappa shape index (κ1) is 16.9. The maximum absolute atomic E-state index is 12.2. The number of nitrogens with one attached hydrogen (secondary N) is 2. The van der Waals surface area contributed by atoms with Crippen LogP contribution in [0.15, 0.2) is 60.9 Å². The number of rotatable bonds is 5. The Morgan fingerprint density at radius 1 is 1.00 bits per heavy atom. The van der Waals surface area contributed by atoms with Crippen molar-refractivity contribution in [2.75, 3.05) is 5.32 Å². The molecule has 1 aromatic heterocycles. The molecule has 2 aromatic carbocycles. The highest BCUT2D eigenvalue weighted by Gasteiger charge is 2.07. The van der Waals surface area contributed by atoms with E-state index in [0.29, 0.717) is 23.1 Å². The molecular formula is C19H17ClN4O. The number of carbonyl (C=O) groups excluding carboxylic acids is 1. The van der Waals surface area contributed by atoms with Crippen LogP contribution in [0.5, 0.6) is 0 Å². The zero-order chi connectivity index (χ0) is 17.6. The van der Waals surface area contributed by atoms with Gasteiger partial charge in [0, 0.05) is 29.6 Å². The molecule has 0 aliphatic heterocycles. The van der Waals surface area contributed by atoms with Crippen LogP contribution in [0.1, 0.15) is 21.5 Å². The topological polar surface area (TPSA) is 66.9 Å². The Labute approximate surface area is 151 Å². The van der Waals surface area contributed by atoms with Crippen molar-refractivity contribution in [2.45, 2.75) is 13.5 Å². The monoisotopic (exact) mass is 352 g/mol. The van der Waals surface area contributed by atoms with Gasteiger partial charge in [-0.2, -0.15) is 0 Å². The van der Waals surface area contributed by atoms with E-state index >= 15 is 0 Å². The molecule has 0 saturated carbocycles. The molecule has 0 bridgehead atoms. The van der Waals surface area contributed by atoms with E-state index in [1.165, 1.54) is 18.0 Å². The van der Waals surface area contributed by atoms with Crippen molar-refractivity contribution in [3.63, 3.8) is 0 Å². The van der Waals surface area contributed by atoms with E-state index in [-0.39, 0.29) is 5.91 Å². The Bertz CT molecular complexity index is 846. The summed E-state index contributed by atoms with van der Waals surface area (Å²) >= 11 is 5.84. The fourth-order valence-electron chi connectivity index (χ4n) is 2.16. The lowest BCUT2D eigenvalue weighted by Crippen LogP contribution is -2.23. The molecule has 5 nitrogen and oxygen atoms in total. The van der Waals surface area contributed by atoms with Gasteiger partial charge in [-0.15, -0.1) is 0 Å². The summed E-state index contributed by atoms with van der Waals surface area (Å²) in [4.78, 5) is 20.5. The summed E-state index contributed by atoms with van der Waals surface area (Å²) in [6, 6.07) is 15.2. The van der Waals surface area contributed by atoms with E-state index in [1.54, 1.807) is 12.1 Å². The van der Waals surface area contributed by atoms with E-state index in [4.69, 9.17) is 11.6 Å². The predicted molar refractivity (Wildman–Crippen MR) is 99.1 cm³/mol. The second-order valence-corrected chi connectivity index (χ2v) is 6.03. The van der Waals surface area contributed by atoms with Gasteiger partial charge >= 0.3 is 0 Å². The predicted octanol–water partition coefficient (Wildman–Crippen LogP) is 4.11. The normalized spacial score (nSPS) is 10.3. The molecule has 0 saturated heterocycles. The number of benzene rings is 2. The summed E-state index contributed by atoms with van der Waals surface area (Å²) in [6.07, 6.45) is 3.00. The lowest BCUT2D eigenvalue weighted by Gasteiger charge is -2.07. The Balaban J connectivity index is 1.58. The average Bonchev–Trinajstić information content (AvgIpc) is 2.63. The summed E-state index contributed by atoms with van der Waals surface area (Å²) in [7, 11) is 0. The lowest BCUT2D eigenvalue weighted by molar-refractivity contribution is 0.0950. The minimum absolute atomic E-state index is 0.225. The SMILES string of the molecule is Cc1ccc(Nc2ncc(C(=O)NCc3ccc(Cl)cc3)cn2)cc1. The first-order valence-electron chi connectivity index (χ1n) is 7.78. The van der Waals surface area contributed by atoms with E-state index in [1.807, 2.05) is 43.3 Å². The molecule has 0 atom stereocenters. The van der Waals surface area contributed by atoms with Gasteiger partial charge in [-0.1, -0.05) is 41.4 Å². The molecule has 0 unspecified atom stereocenters. The van der Waals surface area contributed by atoms with Gasteiger partial charge in [0.2, 0.25) is 5.95 Å². The second kappa shape index (κ2) is 7.77. The highest BCUT2D eigenvalue weighted by Crippen LogP contribution is 2.13. The second-order valence-electron chi connectivity index (χ2n) is 5.60. The van der Waals surface area contributed by atoms with Crippen LogP contribution >= 0.6 is 11.6 Å². The van der Waals surface area contributed by atoms with Crippen LogP contribution in [0.25, 0.3) is 0 Å². The van der Waals surface area contributed by atoms with Gasteiger partial charge in [0.25, 0.3) is 5.91 Å². The molecule has 126 valence electrons. The zero-order valence-electron chi connectivity index (χ0n) is 13.7. The van der Waals surface area contributed by atoms with Gasteiger partial charge in [-0.25, -0.2) is 9.97 Å². The Morgan fingerprint density at radius 2 is 1.64 bits per heavy atom. The van der Waals surface area contributed by atoms with E-state index in [0.717, 1.165) is 11.3 Å². The van der Waals surface area contributed by atoms with Crippen molar-refractivity contribution < 1.29 is 4.79 Å². The Kier molecular flexibility index (Phi) is 5.26. The van der Waals surface area contributed by atoms with Gasteiger partial charge < -0.3 is 10.6 Å². The van der Waals surface area contributed by atoms with Gasteiger partial charge in [-0.05, 0) is 36.8 Å². The Hall–Kier alpha value is -2.92. The molecule has 0 aliphatic carbocycles. The molecular weight excluding hydrogens is 336 g/mol. The molecule has 0 spiro atoms. The molecule has 1 heterocycles. The fourth-order valence-corrected chi connectivity index (χ4v) is 2.29. The third-order valence-corrected chi connectivity index (χ3v) is 3.84. The summed E-state index contributed by atoms with van der Waals surface area (Å²) in [5, 5.41) is 6.59. The first-order valence-corrected chi connectivity index (χ1v) is 8.16. The quantitative estimate of drug-likeness (QED) is 0.725. The number of anilines is 2. The number of hydrogen-bond acceptors (Lipinski definition) is 4. The number of aryl methyl sites for hydroxylation is 1. The van der Waals surface area contributed by atoms with Crippen LogP contribution in [0.3, 0.4) is 0 Å². The first-order chi connectivity index (χ1) is 12.1. The van der Waals surface area contributed by atoms with Crippen LogP contribution in [-0.4, -0.2) is 15.9 Å². The number of carbonyl (C=O) groups is 1.